The zero-order valence-electron chi connectivity index (χ0n) is 10.2. The molecular weight excluding hydrogens is 186 g/mol. The normalized spacial score (nSPS) is 11.7. The molecule has 3 N–H and O–H groups in total. The van der Waals surface area contributed by atoms with E-state index in [1.165, 1.54) is 25.7 Å². The number of hydrogen-bond acceptors (Lipinski definition) is 2. The number of nitrogens with zero attached hydrogens (tertiary/aromatic N) is 1. The molecule has 0 amide bonds. The molecule has 3 nitrogen and oxygen atoms in total. The third-order valence-electron chi connectivity index (χ3n) is 2.40. The number of unbranched alkanes of at least 4 members (excludes halogenated alkanes) is 4. The van der Waals surface area contributed by atoms with Crippen molar-refractivity contribution in [3.05, 3.63) is 0 Å². The van der Waals surface area contributed by atoms with E-state index in [9.17, 15) is 0 Å². The molecule has 15 heavy (non-hydrogen) atoms. The molecule has 0 fully saturated rings. The third-order valence-corrected chi connectivity index (χ3v) is 2.40. The van der Waals surface area contributed by atoms with Gasteiger partial charge in [-0.1, -0.05) is 39.5 Å². The van der Waals surface area contributed by atoms with Gasteiger partial charge in [0.05, 0.1) is 5.84 Å². The largest absolute Gasteiger partial charge is 0.387 e. The summed E-state index contributed by atoms with van der Waals surface area (Å²) in [5.41, 5.74) is 6.37. The Morgan fingerprint density at radius 2 is 1.80 bits per heavy atom. The van der Waals surface area contributed by atoms with Gasteiger partial charge in [-0.05, 0) is 12.8 Å². The second-order valence-corrected chi connectivity index (χ2v) is 3.92. The van der Waals surface area contributed by atoms with Crippen molar-refractivity contribution < 1.29 is 0 Å². The minimum atomic E-state index is 0.547. The zero-order chi connectivity index (χ0) is 11.5. The molecule has 0 saturated carbocycles. The van der Waals surface area contributed by atoms with E-state index < -0.39 is 0 Å². The molecule has 0 aliphatic rings. The molecule has 0 heterocycles. The minimum absolute atomic E-state index is 0.547. The maximum atomic E-state index is 7.48. The van der Waals surface area contributed by atoms with Crippen LogP contribution in [-0.4, -0.2) is 18.1 Å². The predicted octanol–water partition coefficient (Wildman–Crippen LogP) is 3.13. The summed E-state index contributed by atoms with van der Waals surface area (Å²) in [7, 11) is 0. The fourth-order valence-electron chi connectivity index (χ4n) is 1.34. The van der Waals surface area contributed by atoms with Crippen LogP contribution in [0.5, 0.6) is 0 Å². The summed E-state index contributed by atoms with van der Waals surface area (Å²) >= 11 is 0. The highest BCUT2D eigenvalue weighted by molar-refractivity contribution is 6.01. The van der Waals surface area contributed by atoms with E-state index in [0.29, 0.717) is 18.0 Å². The van der Waals surface area contributed by atoms with Crippen LogP contribution in [0.25, 0.3) is 0 Å². The summed E-state index contributed by atoms with van der Waals surface area (Å²) in [5.74, 6) is 0.623. The number of hydrogen-bond donors (Lipinski definition) is 2. The van der Waals surface area contributed by atoms with E-state index in [2.05, 4.69) is 11.9 Å². The van der Waals surface area contributed by atoms with Crippen molar-refractivity contribution in [2.45, 2.75) is 58.8 Å². The van der Waals surface area contributed by atoms with Crippen LogP contribution in [0.15, 0.2) is 4.99 Å². The van der Waals surface area contributed by atoms with Crippen LogP contribution >= 0.6 is 0 Å². The Bertz CT molecular complexity index is 197. The topological polar surface area (TPSA) is 62.2 Å². The lowest BCUT2D eigenvalue weighted by Gasteiger charge is -2.01. The fraction of sp³-hybridized carbons (Fsp3) is 0.833. The molecule has 0 aliphatic heterocycles. The SMILES string of the molecule is CCCCCCCN=C(N)CC(=N)CC. The molecule has 0 spiro atoms. The molecule has 0 bridgehead atoms. The molecule has 3 heteroatoms. The summed E-state index contributed by atoms with van der Waals surface area (Å²) in [5, 5.41) is 7.48. The average Bonchev–Trinajstić information content (AvgIpc) is 2.23. The molecule has 0 unspecified atom stereocenters. The van der Waals surface area contributed by atoms with Gasteiger partial charge in [0.15, 0.2) is 0 Å². The molecule has 88 valence electrons. The van der Waals surface area contributed by atoms with Crippen molar-refractivity contribution in [1.29, 1.82) is 5.41 Å². The maximum Gasteiger partial charge on any atom is 0.0993 e. The van der Waals surface area contributed by atoms with Crippen molar-refractivity contribution in [2.75, 3.05) is 6.54 Å². The number of aliphatic imine (C=N–C) groups is 1. The molecule has 0 radical (unpaired) electrons. The van der Waals surface area contributed by atoms with Crippen LogP contribution in [0, 0.1) is 5.41 Å². The van der Waals surface area contributed by atoms with Crippen molar-refractivity contribution in [3.63, 3.8) is 0 Å². The third kappa shape index (κ3) is 9.44. The van der Waals surface area contributed by atoms with E-state index in [0.717, 1.165) is 19.4 Å². The first kappa shape index (κ1) is 14.1. The summed E-state index contributed by atoms with van der Waals surface area (Å²) in [6.07, 6.45) is 7.59. The molecular formula is C12H25N3. The smallest absolute Gasteiger partial charge is 0.0993 e. The summed E-state index contributed by atoms with van der Waals surface area (Å²) in [6, 6.07) is 0. The Balaban J connectivity index is 3.45. The Morgan fingerprint density at radius 3 is 2.40 bits per heavy atom. The van der Waals surface area contributed by atoms with Crippen LogP contribution in [-0.2, 0) is 0 Å². The predicted molar refractivity (Wildman–Crippen MR) is 67.9 cm³/mol. The van der Waals surface area contributed by atoms with Crippen molar-refractivity contribution >= 4 is 11.5 Å². The number of nitrogens with two attached hydrogens (primary N) is 1. The summed E-state index contributed by atoms with van der Waals surface area (Å²) in [6.45, 7) is 5.01. The van der Waals surface area contributed by atoms with E-state index in [-0.39, 0.29) is 0 Å². The van der Waals surface area contributed by atoms with Crippen LogP contribution < -0.4 is 5.73 Å². The first-order chi connectivity index (χ1) is 7.20. The fourth-order valence-corrected chi connectivity index (χ4v) is 1.34. The molecule has 0 aromatic carbocycles. The van der Waals surface area contributed by atoms with Gasteiger partial charge in [0.25, 0.3) is 0 Å². The second kappa shape index (κ2) is 9.69. The van der Waals surface area contributed by atoms with Crippen molar-refractivity contribution in [2.24, 2.45) is 10.7 Å². The van der Waals surface area contributed by atoms with E-state index in [4.69, 9.17) is 11.1 Å². The lowest BCUT2D eigenvalue weighted by Crippen LogP contribution is -2.16. The lowest BCUT2D eigenvalue weighted by molar-refractivity contribution is 0.638. The highest BCUT2D eigenvalue weighted by Gasteiger charge is 1.97. The Morgan fingerprint density at radius 1 is 1.13 bits per heavy atom. The number of nitrogens with one attached hydrogen (secondary N) is 1. The first-order valence-corrected chi connectivity index (χ1v) is 6.05. The minimum Gasteiger partial charge on any atom is -0.387 e. The van der Waals surface area contributed by atoms with Gasteiger partial charge in [0.2, 0.25) is 0 Å². The standard InChI is InChI=1S/C12H25N3/c1-3-5-6-7-8-9-15-12(14)10-11(13)4-2/h13H,3-10H2,1-2H3,(H2,14,15). The van der Waals surface area contributed by atoms with Crippen LogP contribution in [0.4, 0.5) is 0 Å². The van der Waals surface area contributed by atoms with Gasteiger partial charge in [0.1, 0.15) is 0 Å². The molecule has 0 aromatic rings. The average molecular weight is 211 g/mol. The number of amidine groups is 1. The molecule has 0 aromatic heterocycles. The number of rotatable bonds is 9. The van der Waals surface area contributed by atoms with E-state index >= 15 is 0 Å². The van der Waals surface area contributed by atoms with Gasteiger partial charge in [0, 0.05) is 18.7 Å². The monoisotopic (exact) mass is 211 g/mol. The van der Waals surface area contributed by atoms with Crippen molar-refractivity contribution in [1.82, 2.24) is 0 Å². The molecule has 0 rings (SSSR count). The van der Waals surface area contributed by atoms with Gasteiger partial charge in [-0.15, -0.1) is 0 Å². The second-order valence-electron chi connectivity index (χ2n) is 3.92. The molecule has 0 saturated heterocycles. The maximum absolute atomic E-state index is 7.48. The molecule has 0 atom stereocenters. The molecule has 0 aliphatic carbocycles. The van der Waals surface area contributed by atoms with Crippen LogP contribution in [0.3, 0.4) is 0 Å². The first-order valence-electron chi connectivity index (χ1n) is 6.05. The zero-order valence-corrected chi connectivity index (χ0v) is 10.2. The van der Waals surface area contributed by atoms with E-state index in [1.807, 2.05) is 6.92 Å². The van der Waals surface area contributed by atoms with Crippen LogP contribution in [0.2, 0.25) is 0 Å². The van der Waals surface area contributed by atoms with E-state index in [1.54, 1.807) is 0 Å². The van der Waals surface area contributed by atoms with Crippen LogP contribution in [0.1, 0.15) is 58.8 Å². The van der Waals surface area contributed by atoms with Crippen molar-refractivity contribution in [3.8, 4) is 0 Å². The Labute approximate surface area is 93.7 Å². The Hall–Kier alpha value is -0.860. The lowest BCUT2D eigenvalue weighted by atomic mass is 10.1. The quantitative estimate of drug-likeness (QED) is 0.343. The Kier molecular flexibility index (Phi) is 9.13. The summed E-state index contributed by atoms with van der Waals surface area (Å²) < 4.78 is 0. The highest BCUT2D eigenvalue weighted by Crippen LogP contribution is 2.02. The highest BCUT2D eigenvalue weighted by atomic mass is 14.8. The van der Waals surface area contributed by atoms with Gasteiger partial charge >= 0.3 is 0 Å². The van der Waals surface area contributed by atoms with Gasteiger partial charge < -0.3 is 11.1 Å². The van der Waals surface area contributed by atoms with Gasteiger partial charge in [-0.25, -0.2) is 0 Å². The van der Waals surface area contributed by atoms with Gasteiger partial charge in [-0.2, -0.15) is 0 Å². The van der Waals surface area contributed by atoms with Gasteiger partial charge in [-0.3, -0.25) is 4.99 Å². The summed E-state index contributed by atoms with van der Waals surface area (Å²) in [4.78, 5) is 4.26.